The van der Waals surface area contributed by atoms with E-state index in [0.717, 1.165) is 0 Å². The van der Waals surface area contributed by atoms with Gasteiger partial charge in [0.15, 0.2) is 6.04 Å². The maximum absolute atomic E-state index is 11.9. The molecule has 0 spiro atoms. The lowest BCUT2D eigenvalue weighted by Gasteiger charge is -2.25. The second kappa shape index (κ2) is 6.75. The molecule has 0 aliphatic heterocycles. The standard InChI is InChI=1S/C13H18N2O4/c1-9(8-16)15(2)13(19)14-11(12(17)18)10-6-4-3-5-7-10/h3-7,9,11,16H,8H2,1-2H3,(H,14,19)(H,17,18)/t9?,11-/m1/s1. The maximum atomic E-state index is 11.9. The van der Waals surface area contributed by atoms with Gasteiger partial charge >= 0.3 is 12.0 Å². The summed E-state index contributed by atoms with van der Waals surface area (Å²) in [6.45, 7) is 1.48. The van der Waals surface area contributed by atoms with E-state index >= 15 is 0 Å². The highest BCUT2D eigenvalue weighted by atomic mass is 16.4. The van der Waals surface area contributed by atoms with Crippen LogP contribution in [0.15, 0.2) is 30.3 Å². The average molecular weight is 266 g/mol. The Morgan fingerprint density at radius 1 is 1.32 bits per heavy atom. The first-order valence-corrected chi connectivity index (χ1v) is 5.89. The van der Waals surface area contributed by atoms with E-state index in [1.54, 1.807) is 37.3 Å². The molecule has 1 aromatic carbocycles. The fourth-order valence-electron chi connectivity index (χ4n) is 1.48. The van der Waals surface area contributed by atoms with Crippen LogP contribution in [0.1, 0.15) is 18.5 Å². The van der Waals surface area contributed by atoms with Gasteiger partial charge < -0.3 is 20.4 Å². The zero-order valence-electron chi connectivity index (χ0n) is 10.9. The predicted octanol–water partition coefficient (Wildman–Crippen LogP) is 0.834. The van der Waals surface area contributed by atoms with Crippen LogP contribution in [0.4, 0.5) is 4.79 Å². The number of carbonyl (C=O) groups excluding carboxylic acids is 1. The first kappa shape index (κ1) is 15.0. The molecule has 6 nitrogen and oxygen atoms in total. The van der Waals surface area contributed by atoms with Gasteiger partial charge in [-0.1, -0.05) is 30.3 Å². The molecule has 0 radical (unpaired) electrons. The number of hydrogen-bond donors (Lipinski definition) is 3. The Labute approximate surface area is 111 Å². The fraction of sp³-hybridized carbons (Fsp3) is 0.385. The van der Waals surface area contributed by atoms with Crippen molar-refractivity contribution >= 4 is 12.0 Å². The van der Waals surface area contributed by atoms with Crippen molar-refractivity contribution in [1.29, 1.82) is 0 Å². The summed E-state index contributed by atoms with van der Waals surface area (Å²) in [7, 11) is 1.50. The van der Waals surface area contributed by atoms with E-state index in [-0.39, 0.29) is 12.6 Å². The molecule has 0 fully saturated rings. The summed E-state index contributed by atoms with van der Waals surface area (Å²) in [4.78, 5) is 24.3. The summed E-state index contributed by atoms with van der Waals surface area (Å²) < 4.78 is 0. The Hall–Kier alpha value is -2.08. The predicted molar refractivity (Wildman–Crippen MR) is 69.7 cm³/mol. The molecule has 1 unspecified atom stereocenters. The van der Waals surface area contributed by atoms with Crippen LogP contribution >= 0.6 is 0 Å². The molecule has 0 aliphatic rings. The van der Waals surface area contributed by atoms with Crippen LogP contribution in [-0.2, 0) is 4.79 Å². The van der Waals surface area contributed by atoms with Crippen molar-refractivity contribution in [2.24, 2.45) is 0 Å². The van der Waals surface area contributed by atoms with Gasteiger partial charge in [-0.3, -0.25) is 0 Å². The van der Waals surface area contributed by atoms with Crippen LogP contribution in [0.2, 0.25) is 0 Å². The first-order chi connectivity index (χ1) is 8.97. The Kier molecular flexibility index (Phi) is 5.32. The van der Waals surface area contributed by atoms with E-state index in [1.807, 2.05) is 0 Å². The van der Waals surface area contributed by atoms with Crippen LogP contribution in [0.25, 0.3) is 0 Å². The summed E-state index contributed by atoms with van der Waals surface area (Å²) in [6, 6.07) is 6.41. The summed E-state index contributed by atoms with van der Waals surface area (Å²) in [5, 5.41) is 20.6. The monoisotopic (exact) mass is 266 g/mol. The minimum Gasteiger partial charge on any atom is -0.479 e. The molecule has 3 N–H and O–H groups in total. The van der Waals surface area contributed by atoms with Gasteiger partial charge in [0.05, 0.1) is 12.6 Å². The van der Waals surface area contributed by atoms with Gasteiger partial charge in [0, 0.05) is 7.05 Å². The third-order valence-corrected chi connectivity index (χ3v) is 2.89. The Bertz CT molecular complexity index is 436. The number of nitrogens with one attached hydrogen (secondary N) is 1. The largest absolute Gasteiger partial charge is 0.479 e. The Morgan fingerprint density at radius 3 is 2.37 bits per heavy atom. The van der Waals surface area contributed by atoms with E-state index < -0.39 is 18.0 Å². The lowest BCUT2D eigenvalue weighted by atomic mass is 10.1. The smallest absolute Gasteiger partial charge is 0.330 e. The molecule has 0 saturated carbocycles. The molecule has 0 aromatic heterocycles. The van der Waals surface area contributed by atoms with E-state index in [9.17, 15) is 14.7 Å². The SMILES string of the molecule is CC(CO)N(C)C(=O)N[C@@H](C(=O)O)c1ccccc1. The van der Waals surface area contributed by atoms with Gasteiger partial charge in [0.1, 0.15) is 0 Å². The number of likely N-dealkylation sites (N-methyl/N-ethyl adjacent to an activating group) is 1. The third-order valence-electron chi connectivity index (χ3n) is 2.89. The van der Waals surface area contributed by atoms with E-state index in [2.05, 4.69) is 5.32 Å². The van der Waals surface area contributed by atoms with Crippen molar-refractivity contribution in [3.8, 4) is 0 Å². The van der Waals surface area contributed by atoms with Crippen molar-refractivity contribution in [2.45, 2.75) is 19.0 Å². The van der Waals surface area contributed by atoms with Gasteiger partial charge in [-0.15, -0.1) is 0 Å². The number of urea groups is 1. The van der Waals surface area contributed by atoms with Crippen molar-refractivity contribution < 1.29 is 19.8 Å². The minimum absolute atomic E-state index is 0.188. The number of aliphatic hydroxyl groups is 1. The number of nitrogens with zero attached hydrogens (tertiary/aromatic N) is 1. The maximum Gasteiger partial charge on any atom is 0.330 e. The van der Waals surface area contributed by atoms with E-state index in [1.165, 1.54) is 11.9 Å². The first-order valence-electron chi connectivity index (χ1n) is 5.89. The lowest BCUT2D eigenvalue weighted by molar-refractivity contribution is -0.139. The van der Waals surface area contributed by atoms with Crippen LogP contribution in [0, 0.1) is 0 Å². The van der Waals surface area contributed by atoms with Crippen molar-refractivity contribution in [3.05, 3.63) is 35.9 Å². The third kappa shape index (κ3) is 3.96. The van der Waals surface area contributed by atoms with E-state index in [0.29, 0.717) is 5.56 Å². The quantitative estimate of drug-likeness (QED) is 0.736. The Morgan fingerprint density at radius 2 is 1.89 bits per heavy atom. The molecule has 0 bridgehead atoms. The van der Waals surface area contributed by atoms with Crippen molar-refractivity contribution in [3.63, 3.8) is 0 Å². The average Bonchev–Trinajstić information content (AvgIpc) is 2.43. The van der Waals surface area contributed by atoms with Crippen molar-refractivity contribution in [2.75, 3.05) is 13.7 Å². The minimum atomic E-state index is -1.13. The van der Waals surface area contributed by atoms with Gasteiger partial charge in [0.25, 0.3) is 0 Å². The molecule has 6 heteroatoms. The molecule has 104 valence electrons. The van der Waals surface area contributed by atoms with Crippen LogP contribution < -0.4 is 5.32 Å². The van der Waals surface area contributed by atoms with Crippen LogP contribution in [0.3, 0.4) is 0 Å². The molecule has 0 heterocycles. The molecule has 19 heavy (non-hydrogen) atoms. The highest BCUT2D eigenvalue weighted by molar-refractivity contribution is 5.83. The number of carboxylic acid groups (broad SMARTS) is 1. The number of aliphatic hydroxyl groups excluding tert-OH is 1. The number of hydrogen-bond acceptors (Lipinski definition) is 3. The molecular weight excluding hydrogens is 248 g/mol. The second-order valence-corrected chi connectivity index (χ2v) is 4.27. The summed E-state index contributed by atoms with van der Waals surface area (Å²) in [5.74, 6) is -1.13. The molecular formula is C13H18N2O4. The number of rotatable bonds is 5. The molecule has 0 aliphatic carbocycles. The summed E-state index contributed by atoms with van der Waals surface area (Å²) in [6.07, 6.45) is 0. The number of amides is 2. The van der Waals surface area contributed by atoms with Crippen molar-refractivity contribution in [1.82, 2.24) is 10.2 Å². The second-order valence-electron chi connectivity index (χ2n) is 4.27. The normalized spacial score (nSPS) is 13.4. The Balaban J connectivity index is 2.81. The summed E-state index contributed by atoms with van der Waals surface area (Å²) in [5.41, 5.74) is 0.494. The lowest BCUT2D eigenvalue weighted by Crippen LogP contribution is -2.46. The zero-order valence-corrected chi connectivity index (χ0v) is 10.9. The van der Waals surface area contributed by atoms with Gasteiger partial charge in [-0.05, 0) is 12.5 Å². The van der Waals surface area contributed by atoms with Gasteiger partial charge in [-0.25, -0.2) is 9.59 Å². The molecule has 2 amide bonds. The van der Waals surface area contributed by atoms with E-state index in [4.69, 9.17) is 5.11 Å². The summed E-state index contributed by atoms with van der Waals surface area (Å²) >= 11 is 0. The fourth-order valence-corrected chi connectivity index (χ4v) is 1.48. The van der Waals surface area contributed by atoms with Crippen LogP contribution in [0.5, 0.6) is 0 Å². The van der Waals surface area contributed by atoms with Crippen LogP contribution in [-0.4, -0.2) is 46.8 Å². The number of aliphatic carboxylic acids is 1. The number of benzene rings is 1. The van der Waals surface area contributed by atoms with Gasteiger partial charge in [0.2, 0.25) is 0 Å². The topological polar surface area (TPSA) is 89.9 Å². The number of carbonyl (C=O) groups is 2. The molecule has 2 atom stereocenters. The van der Waals surface area contributed by atoms with Gasteiger partial charge in [-0.2, -0.15) is 0 Å². The zero-order chi connectivity index (χ0) is 14.4. The molecule has 1 rings (SSSR count). The molecule has 0 saturated heterocycles. The highest BCUT2D eigenvalue weighted by Gasteiger charge is 2.24. The molecule has 1 aromatic rings. The highest BCUT2D eigenvalue weighted by Crippen LogP contribution is 2.13. The number of carboxylic acids is 1.